The Hall–Kier alpha value is -1.99. The van der Waals surface area contributed by atoms with Gasteiger partial charge in [0.2, 0.25) is 0 Å². The predicted octanol–water partition coefficient (Wildman–Crippen LogP) is 1.97. The normalized spacial score (nSPS) is 27.4. The molecule has 2 aromatic rings. The molecule has 1 N–H and O–H groups in total. The Morgan fingerprint density at radius 2 is 2.08 bits per heavy atom. The summed E-state index contributed by atoms with van der Waals surface area (Å²) in [5, 5.41) is 4.08. The monoisotopic (exact) mass is 370 g/mol. The SMILES string of the molecule is O=C(NC1CC2CCN(C2)C1)c1cc2sc(C(=O)N3CCC3)cc2cn1. The van der Waals surface area contributed by atoms with Crippen LogP contribution in [0.4, 0.5) is 0 Å². The summed E-state index contributed by atoms with van der Waals surface area (Å²) in [4.78, 5) is 34.4. The first-order valence-electron chi connectivity index (χ1n) is 9.38. The van der Waals surface area contributed by atoms with E-state index in [0.717, 1.165) is 59.9 Å². The third-order valence-electron chi connectivity index (χ3n) is 5.79. The van der Waals surface area contributed by atoms with Gasteiger partial charge in [-0.1, -0.05) is 0 Å². The van der Waals surface area contributed by atoms with Crippen LogP contribution in [0.5, 0.6) is 0 Å². The number of likely N-dealkylation sites (tertiary alicyclic amines) is 1. The summed E-state index contributed by atoms with van der Waals surface area (Å²) in [5.74, 6) is 0.704. The standard InChI is InChI=1S/C19H22N4O2S/c24-18(21-14-6-12-2-5-22(10-12)11-14)15-8-16-13(9-20-15)7-17(26-16)19(25)23-3-1-4-23/h7-9,12,14H,1-6,10-11H2,(H,21,24). The van der Waals surface area contributed by atoms with Crippen molar-refractivity contribution in [2.75, 3.05) is 32.7 Å². The highest BCUT2D eigenvalue weighted by atomic mass is 32.1. The Balaban J connectivity index is 1.32. The van der Waals surface area contributed by atoms with Gasteiger partial charge in [0.05, 0.1) is 4.88 Å². The number of amides is 2. The molecule has 5 heterocycles. The van der Waals surface area contributed by atoms with Crippen LogP contribution in [0.15, 0.2) is 18.3 Å². The molecule has 3 unspecified atom stereocenters. The lowest BCUT2D eigenvalue weighted by atomic mass is 9.97. The highest BCUT2D eigenvalue weighted by molar-refractivity contribution is 7.20. The molecular weight excluding hydrogens is 348 g/mol. The van der Waals surface area contributed by atoms with Crippen LogP contribution in [-0.4, -0.2) is 65.4 Å². The van der Waals surface area contributed by atoms with E-state index in [0.29, 0.717) is 5.69 Å². The number of thiophene rings is 1. The molecule has 7 heteroatoms. The summed E-state index contributed by atoms with van der Waals surface area (Å²) in [6, 6.07) is 3.93. The highest BCUT2D eigenvalue weighted by Crippen LogP contribution is 2.29. The van der Waals surface area contributed by atoms with Crippen molar-refractivity contribution in [1.29, 1.82) is 0 Å². The van der Waals surface area contributed by atoms with E-state index in [1.54, 1.807) is 6.20 Å². The molecule has 6 nitrogen and oxygen atoms in total. The molecule has 0 radical (unpaired) electrons. The van der Waals surface area contributed by atoms with E-state index in [4.69, 9.17) is 0 Å². The van der Waals surface area contributed by atoms with Crippen molar-refractivity contribution >= 4 is 33.2 Å². The van der Waals surface area contributed by atoms with Crippen LogP contribution >= 0.6 is 11.3 Å². The number of nitrogens with zero attached hydrogens (tertiary/aromatic N) is 3. The van der Waals surface area contributed by atoms with Crippen molar-refractivity contribution in [3.8, 4) is 0 Å². The third kappa shape index (κ3) is 2.89. The van der Waals surface area contributed by atoms with Crippen LogP contribution in [0.25, 0.3) is 10.1 Å². The molecule has 3 atom stereocenters. The minimum atomic E-state index is -0.108. The van der Waals surface area contributed by atoms with Gasteiger partial charge in [0, 0.05) is 48.5 Å². The number of hydrogen-bond donors (Lipinski definition) is 1. The van der Waals surface area contributed by atoms with Crippen LogP contribution in [-0.2, 0) is 0 Å². The molecule has 3 saturated heterocycles. The van der Waals surface area contributed by atoms with Gasteiger partial charge in [-0.15, -0.1) is 11.3 Å². The van der Waals surface area contributed by atoms with Crippen LogP contribution in [0.2, 0.25) is 0 Å². The Bertz CT molecular complexity index is 864. The van der Waals surface area contributed by atoms with Crippen LogP contribution in [0.1, 0.15) is 39.4 Å². The van der Waals surface area contributed by atoms with Crippen molar-refractivity contribution < 1.29 is 9.59 Å². The van der Waals surface area contributed by atoms with Crippen LogP contribution in [0.3, 0.4) is 0 Å². The topological polar surface area (TPSA) is 65.5 Å². The number of nitrogens with one attached hydrogen (secondary N) is 1. The fourth-order valence-electron chi connectivity index (χ4n) is 4.26. The molecule has 136 valence electrons. The maximum absolute atomic E-state index is 12.6. The first kappa shape index (κ1) is 16.2. The van der Waals surface area contributed by atoms with Crippen molar-refractivity contribution in [2.45, 2.75) is 25.3 Å². The molecule has 3 fully saturated rings. The van der Waals surface area contributed by atoms with Crippen molar-refractivity contribution in [3.05, 3.63) is 28.9 Å². The summed E-state index contributed by atoms with van der Waals surface area (Å²) in [6.07, 6.45) is 5.11. The summed E-state index contributed by atoms with van der Waals surface area (Å²) < 4.78 is 0.946. The van der Waals surface area contributed by atoms with E-state index in [-0.39, 0.29) is 17.9 Å². The lowest BCUT2D eigenvalue weighted by Gasteiger charge is -2.30. The van der Waals surface area contributed by atoms with Crippen LogP contribution < -0.4 is 5.32 Å². The minimum Gasteiger partial charge on any atom is -0.347 e. The van der Waals surface area contributed by atoms with Gasteiger partial charge < -0.3 is 15.1 Å². The lowest BCUT2D eigenvalue weighted by Crippen LogP contribution is -2.47. The van der Waals surface area contributed by atoms with Crippen LogP contribution in [0, 0.1) is 5.92 Å². The molecule has 0 spiro atoms. The van der Waals surface area contributed by atoms with Crippen molar-refractivity contribution in [3.63, 3.8) is 0 Å². The average Bonchev–Trinajstić information content (AvgIpc) is 3.15. The molecule has 0 aromatic carbocycles. The summed E-state index contributed by atoms with van der Waals surface area (Å²) in [6.45, 7) is 4.97. The Morgan fingerprint density at radius 1 is 1.19 bits per heavy atom. The number of rotatable bonds is 3. The van der Waals surface area contributed by atoms with E-state index in [2.05, 4.69) is 15.2 Å². The highest BCUT2D eigenvalue weighted by Gasteiger charge is 2.33. The Morgan fingerprint density at radius 3 is 2.85 bits per heavy atom. The van der Waals surface area contributed by atoms with E-state index in [1.807, 2.05) is 17.0 Å². The van der Waals surface area contributed by atoms with Gasteiger partial charge in [-0.05, 0) is 43.9 Å². The number of fused-ring (bicyclic) bond motifs is 3. The largest absolute Gasteiger partial charge is 0.347 e. The molecular formula is C19H22N4O2S. The first-order valence-corrected chi connectivity index (χ1v) is 10.2. The molecule has 3 aliphatic heterocycles. The number of aromatic nitrogens is 1. The van der Waals surface area contributed by atoms with Gasteiger partial charge in [-0.3, -0.25) is 14.6 Å². The average molecular weight is 370 g/mol. The second-order valence-corrected chi connectivity index (χ2v) is 8.77. The van der Waals surface area contributed by atoms with E-state index in [1.165, 1.54) is 24.3 Å². The summed E-state index contributed by atoms with van der Waals surface area (Å²) in [7, 11) is 0. The summed E-state index contributed by atoms with van der Waals surface area (Å²) in [5.41, 5.74) is 0.440. The smallest absolute Gasteiger partial charge is 0.270 e. The molecule has 0 saturated carbocycles. The number of hydrogen-bond acceptors (Lipinski definition) is 5. The molecule has 2 aromatic heterocycles. The van der Waals surface area contributed by atoms with E-state index in [9.17, 15) is 9.59 Å². The van der Waals surface area contributed by atoms with Gasteiger partial charge in [0.1, 0.15) is 5.69 Å². The van der Waals surface area contributed by atoms with Gasteiger partial charge in [0.15, 0.2) is 0 Å². The molecule has 3 aliphatic rings. The molecule has 2 amide bonds. The lowest BCUT2D eigenvalue weighted by molar-refractivity contribution is 0.0657. The Labute approximate surface area is 156 Å². The zero-order chi connectivity index (χ0) is 17.7. The summed E-state index contributed by atoms with van der Waals surface area (Å²) >= 11 is 1.45. The minimum absolute atomic E-state index is 0.0928. The maximum Gasteiger partial charge on any atom is 0.270 e. The fourth-order valence-corrected chi connectivity index (χ4v) is 5.30. The fraction of sp³-hybridized carbons (Fsp3) is 0.526. The van der Waals surface area contributed by atoms with Gasteiger partial charge in [-0.25, -0.2) is 0 Å². The quantitative estimate of drug-likeness (QED) is 0.897. The van der Waals surface area contributed by atoms with E-state index >= 15 is 0 Å². The molecule has 5 rings (SSSR count). The second kappa shape index (κ2) is 6.32. The van der Waals surface area contributed by atoms with Crippen molar-refractivity contribution in [2.24, 2.45) is 5.92 Å². The number of piperidine rings is 1. The van der Waals surface area contributed by atoms with Gasteiger partial charge >= 0.3 is 0 Å². The number of pyridine rings is 1. The molecule has 26 heavy (non-hydrogen) atoms. The number of carbonyl (C=O) groups is 2. The third-order valence-corrected chi connectivity index (χ3v) is 6.88. The van der Waals surface area contributed by atoms with Crippen molar-refractivity contribution in [1.82, 2.24) is 20.1 Å². The predicted molar refractivity (Wildman–Crippen MR) is 101 cm³/mol. The zero-order valence-corrected chi connectivity index (χ0v) is 15.4. The van der Waals surface area contributed by atoms with Gasteiger partial charge in [0.25, 0.3) is 11.8 Å². The Kier molecular flexibility index (Phi) is 3.94. The molecule has 0 aliphatic carbocycles. The first-order chi connectivity index (χ1) is 12.7. The zero-order valence-electron chi connectivity index (χ0n) is 14.6. The van der Waals surface area contributed by atoms with Gasteiger partial charge in [-0.2, -0.15) is 0 Å². The number of carbonyl (C=O) groups excluding carboxylic acids is 2. The molecule has 2 bridgehead atoms. The van der Waals surface area contributed by atoms with E-state index < -0.39 is 0 Å². The maximum atomic E-state index is 12.6. The second-order valence-electron chi connectivity index (χ2n) is 7.68.